The minimum absolute atomic E-state index is 0.246. The molecule has 6 heteroatoms. The predicted octanol–water partition coefficient (Wildman–Crippen LogP) is 3.09. The number of hydrogen-bond donors (Lipinski definition) is 0. The molecule has 1 amide bonds. The van der Waals surface area contributed by atoms with E-state index in [1.807, 2.05) is 6.92 Å². The van der Waals surface area contributed by atoms with E-state index in [-0.39, 0.29) is 16.8 Å². The maximum atomic E-state index is 12.6. The lowest BCUT2D eigenvalue weighted by Crippen LogP contribution is -2.31. The standard InChI is InChI=1S/C21H19NO5/c1-13-9-10-17-15(11-13)16(23)12-18(26-17)21(25)27-19(20(24)22(2)3)14-7-5-4-6-8-14/h4-12,19H,1-3H3/t19-/m0/s1. The number of carbonyl (C=O) groups is 2. The molecule has 0 aliphatic carbocycles. The van der Waals surface area contributed by atoms with Gasteiger partial charge in [0, 0.05) is 25.7 Å². The molecular formula is C21H19NO5. The molecule has 0 bridgehead atoms. The average molecular weight is 365 g/mol. The molecule has 6 nitrogen and oxygen atoms in total. The van der Waals surface area contributed by atoms with Crippen LogP contribution < -0.4 is 5.43 Å². The molecule has 0 unspecified atom stereocenters. The van der Waals surface area contributed by atoms with Crippen LogP contribution in [-0.4, -0.2) is 30.9 Å². The van der Waals surface area contributed by atoms with Crippen LogP contribution in [0.2, 0.25) is 0 Å². The van der Waals surface area contributed by atoms with Crippen LogP contribution in [0.1, 0.15) is 27.8 Å². The number of amides is 1. The zero-order valence-electron chi connectivity index (χ0n) is 15.3. The molecule has 3 aromatic rings. The second-order valence-electron chi connectivity index (χ2n) is 6.40. The van der Waals surface area contributed by atoms with E-state index in [0.717, 1.165) is 11.6 Å². The Hall–Kier alpha value is -3.41. The highest BCUT2D eigenvalue weighted by atomic mass is 16.6. The van der Waals surface area contributed by atoms with E-state index < -0.39 is 18.0 Å². The van der Waals surface area contributed by atoms with Crippen molar-refractivity contribution in [2.45, 2.75) is 13.0 Å². The van der Waals surface area contributed by atoms with Crippen molar-refractivity contribution in [3.63, 3.8) is 0 Å². The summed E-state index contributed by atoms with van der Waals surface area (Å²) in [4.78, 5) is 38.7. The van der Waals surface area contributed by atoms with Gasteiger partial charge in [-0.05, 0) is 19.1 Å². The van der Waals surface area contributed by atoms with E-state index >= 15 is 0 Å². The Balaban J connectivity index is 1.96. The van der Waals surface area contributed by atoms with Gasteiger partial charge in [-0.25, -0.2) is 4.79 Å². The summed E-state index contributed by atoms with van der Waals surface area (Å²) in [5.41, 5.74) is 1.38. The normalized spacial score (nSPS) is 11.8. The molecule has 1 heterocycles. The van der Waals surface area contributed by atoms with Gasteiger partial charge in [0.2, 0.25) is 11.9 Å². The number of fused-ring (bicyclic) bond motifs is 1. The summed E-state index contributed by atoms with van der Waals surface area (Å²) in [6, 6.07) is 14.9. The first-order valence-corrected chi connectivity index (χ1v) is 8.38. The van der Waals surface area contributed by atoms with E-state index in [9.17, 15) is 14.4 Å². The molecule has 0 saturated heterocycles. The highest BCUT2D eigenvalue weighted by Gasteiger charge is 2.28. The first-order valence-electron chi connectivity index (χ1n) is 8.38. The summed E-state index contributed by atoms with van der Waals surface area (Å²) in [6.07, 6.45) is -1.13. The molecule has 0 aliphatic heterocycles. The lowest BCUT2D eigenvalue weighted by atomic mass is 10.1. The van der Waals surface area contributed by atoms with Gasteiger partial charge in [-0.2, -0.15) is 0 Å². The van der Waals surface area contributed by atoms with Crippen LogP contribution in [0.4, 0.5) is 0 Å². The Kier molecular flexibility index (Phi) is 5.07. The lowest BCUT2D eigenvalue weighted by Gasteiger charge is -2.21. The monoisotopic (exact) mass is 365 g/mol. The molecule has 0 aliphatic rings. The number of rotatable bonds is 4. The van der Waals surface area contributed by atoms with E-state index in [2.05, 4.69) is 0 Å². The summed E-state index contributed by atoms with van der Waals surface area (Å²) in [5, 5.41) is 0.385. The second-order valence-corrected chi connectivity index (χ2v) is 6.40. The largest absolute Gasteiger partial charge is 0.449 e. The third-order valence-electron chi connectivity index (χ3n) is 4.08. The quantitative estimate of drug-likeness (QED) is 0.664. The number of benzene rings is 2. The molecule has 0 spiro atoms. The number of aryl methyl sites for hydroxylation is 1. The van der Waals surface area contributed by atoms with Crippen LogP contribution in [0.25, 0.3) is 11.0 Å². The topological polar surface area (TPSA) is 76.8 Å². The van der Waals surface area contributed by atoms with Gasteiger partial charge in [-0.3, -0.25) is 9.59 Å². The van der Waals surface area contributed by atoms with E-state index in [1.54, 1.807) is 62.6 Å². The van der Waals surface area contributed by atoms with Gasteiger partial charge in [0.05, 0.1) is 5.39 Å². The fraction of sp³-hybridized carbons (Fsp3) is 0.190. The van der Waals surface area contributed by atoms with Crippen molar-refractivity contribution >= 4 is 22.8 Å². The number of likely N-dealkylation sites (N-methyl/N-ethyl adjacent to an activating group) is 1. The summed E-state index contributed by atoms with van der Waals surface area (Å²) in [6.45, 7) is 1.86. The van der Waals surface area contributed by atoms with Crippen molar-refractivity contribution in [2.24, 2.45) is 0 Å². The summed E-state index contributed by atoms with van der Waals surface area (Å²) in [7, 11) is 3.15. The van der Waals surface area contributed by atoms with Crippen molar-refractivity contribution in [2.75, 3.05) is 14.1 Å². The van der Waals surface area contributed by atoms with Crippen molar-refractivity contribution in [3.8, 4) is 0 Å². The molecule has 0 radical (unpaired) electrons. The first-order chi connectivity index (χ1) is 12.9. The van der Waals surface area contributed by atoms with Crippen LogP contribution in [0.5, 0.6) is 0 Å². The highest BCUT2D eigenvalue weighted by molar-refractivity contribution is 5.92. The van der Waals surface area contributed by atoms with Crippen molar-refractivity contribution in [1.29, 1.82) is 0 Å². The van der Waals surface area contributed by atoms with Gasteiger partial charge in [0.25, 0.3) is 5.91 Å². The Labute approximate surface area is 156 Å². The van der Waals surface area contributed by atoms with Gasteiger partial charge in [-0.15, -0.1) is 0 Å². The fourth-order valence-corrected chi connectivity index (χ4v) is 2.66. The Morgan fingerprint density at radius 1 is 1.04 bits per heavy atom. The second kappa shape index (κ2) is 7.45. The molecule has 1 atom stereocenters. The number of esters is 1. The van der Waals surface area contributed by atoms with Crippen LogP contribution >= 0.6 is 0 Å². The molecule has 0 saturated carbocycles. The Morgan fingerprint density at radius 2 is 1.74 bits per heavy atom. The maximum Gasteiger partial charge on any atom is 0.375 e. The Morgan fingerprint density at radius 3 is 2.41 bits per heavy atom. The summed E-state index contributed by atoms with van der Waals surface area (Å²) < 4.78 is 10.9. The minimum Gasteiger partial charge on any atom is -0.449 e. The molecule has 2 aromatic carbocycles. The SMILES string of the molecule is Cc1ccc2oc(C(=O)O[C@H](C(=O)N(C)C)c3ccccc3)cc(=O)c2c1. The summed E-state index contributed by atoms with van der Waals surface area (Å²) in [5.74, 6) is -1.52. The van der Waals surface area contributed by atoms with Crippen molar-refractivity contribution in [1.82, 2.24) is 4.90 Å². The number of hydrogen-bond acceptors (Lipinski definition) is 5. The summed E-state index contributed by atoms with van der Waals surface area (Å²) >= 11 is 0. The smallest absolute Gasteiger partial charge is 0.375 e. The fourth-order valence-electron chi connectivity index (χ4n) is 2.66. The molecule has 27 heavy (non-hydrogen) atoms. The highest BCUT2D eigenvalue weighted by Crippen LogP contribution is 2.22. The third-order valence-corrected chi connectivity index (χ3v) is 4.08. The van der Waals surface area contributed by atoms with E-state index in [0.29, 0.717) is 10.9 Å². The average Bonchev–Trinajstić information content (AvgIpc) is 2.66. The maximum absolute atomic E-state index is 12.6. The molecule has 1 aromatic heterocycles. The van der Waals surface area contributed by atoms with Crippen molar-refractivity contribution in [3.05, 3.63) is 81.7 Å². The third kappa shape index (κ3) is 3.89. The molecule has 138 valence electrons. The first kappa shape index (κ1) is 18.4. The zero-order chi connectivity index (χ0) is 19.6. The minimum atomic E-state index is -1.13. The molecule has 3 rings (SSSR count). The lowest BCUT2D eigenvalue weighted by molar-refractivity contribution is -0.138. The number of nitrogens with zero attached hydrogens (tertiary/aromatic N) is 1. The molecule has 0 N–H and O–H groups in total. The zero-order valence-corrected chi connectivity index (χ0v) is 15.3. The van der Waals surface area contributed by atoms with Gasteiger partial charge < -0.3 is 14.1 Å². The van der Waals surface area contributed by atoms with Gasteiger partial charge in [-0.1, -0.05) is 42.0 Å². The molecular weight excluding hydrogens is 346 g/mol. The molecule has 0 fully saturated rings. The van der Waals surface area contributed by atoms with Crippen LogP contribution in [0.3, 0.4) is 0 Å². The van der Waals surface area contributed by atoms with Crippen molar-refractivity contribution < 1.29 is 18.7 Å². The van der Waals surface area contributed by atoms with E-state index in [1.165, 1.54) is 4.90 Å². The number of ether oxygens (including phenoxy) is 1. The van der Waals surface area contributed by atoms with Gasteiger partial charge in [0.1, 0.15) is 5.58 Å². The van der Waals surface area contributed by atoms with Gasteiger partial charge in [0.15, 0.2) is 5.43 Å². The van der Waals surface area contributed by atoms with Crippen LogP contribution in [0.15, 0.2) is 63.8 Å². The van der Waals surface area contributed by atoms with E-state index in [4.69, 9.17) is 9.15 Å². The Bertz CT molecular complexity index is 1050. The van der Waals surface area contributed by atoms with Crippen LogP contribution in [0, 0.1) is 6.92 Å². The van der Waals surface area contributed by atoms with Crippen LogP contribution in [-0.2, 0) is 9.53 Å². The van der Waals surface area contributed by atoms with Gasteiger partial charge >= 0.3 is 5.97 Å². The number of carbonyl (C=O) groups excluding carboxylic acids is 2. The predicted molar refractivity (Wildman–Crippen MR) is 101 cm³/mol.